The van der Waals surface area contributed by atoms with Crippen molar-refractivity contribution in [3.8, 4) is 0 Å². The molecule has 0 N–H and O–H groups in total. The van der Waals surface area contributed by atoms with Gasteiger partial charge in [-0.05, 0) is 48.6 Å². The number of morpholine rings is 1. The Hall–Kier alpha value is -0.690. The number of aldehydes is 1. The van der Waals surface area contributed by atoms with Crippen molar-refractivity contribution in [1.29, 1.82) is 0 Å². The zero-order chi connectivity index (χ0) is 13.3. The van der Waals surface area contributed by atoms with E-state index in [4.69, 9.17) is 4.74 Å². The van der Waals surface area contributed by atoms with E-state index in [0.29, 0.717) is 27.9 Å². The zero-order valence-electron chi connectivity index (χ0n) is 10.3. The van der Waals surface area contributed by atoms with Crippen LogP contribution >= 0.6 is 22.6 Å². The normalized spacial score (nSPS) is 24.1. The summed E-state index contributed by atoms with van der Waals surface area (Å²) in [5, 5.41) is 0. The summed E-state index contributed by atoms with van der Waals surface area (Å²) < 4.78 is 19.8. The van der Waals surface area contributed by atoms with Crippen molar-refractivity contribution >= 4 is 34.6 Å². The molecule has 1 heterocycles. The van der Waals surface area contributed by atoms with Gasteiger partial charge < -0.3 is 9.64 Å². The van der Waals surface area contributed by atoms with Gasteiger partial charge in [0.25, 0.3) is 0 Å². The minimum Gasteiger partial charge on any atom is -0.372 e. The number of hydrogen-bond acceptors (Lipinski definition) is 3. The van der Waals surface area contributed by atoms with Crippen molar-refractivity contribution < 1.29 is 13.9 Å². The molecule has 0 bridgehead atoms. The molecule has 1 saturated heterocycles. The topological polar surface area (TPSA) is 29.5 Å². The third kappa shape index (κ3) is 2.83. The molecule has 0 aromatic heterocycles. The maximum absolute atomic E-state index is 13.7. The maximum atomic E-state index is 13.7. The van der Waals surface area contributed by atoms with Crippen LogP contribution < -0.4 is 4.90 Å². The summed E-state index contributed by atoms with van der Waals surface area (Å²) in [7, 11) is 0. The third-order valence-corrected chi connectivity index (χ3v) is 3.78. The van der Waals surface area contributed by atoms with Crippen LogP contribution in [0.2, 0.25) is 0 Å². The molecule has 2 atom stereocenters. The fourth-order valence-electron chi connectivity index (χ4n) is 2.29. The van der Waals surface area contributed by atoms with E-state index >= 15 is 0 Å². The second-order valence-corrected chi connectivity index (χ2v) is 5.77. The van der Waals surface area contributed by atoms with Crippen LogP contribution in [0, 0.1) is 9.39 Å². The fraction of sp³-hybridized carbons (Fsp3) is 0.462. The highest BCUT2D eigenvalue weighted by Crippen LogP contribution is 2.27. The number of ether oxygens (including phenoxy) is 1. The molecule has 1 aliphatic rings. The summed E-state index contributed by atoms with van der Waals surface area (Å²) in [5.41, 5.74) is 1.19. The van der Waals surface area contributed by atoms with E-state index in [1.165, 1.54) is 6.07 Å². The summed E-state index contributed by atoms with van der Waals surface area (Å²) >= 11 is 1.89. The number of rotatable bonds is 2. The highest BCUT2D eigenvalue weighted by atomic mass is 127. The van der Waals surface area contributed by atoms with Gasteiger partial charge in [0.15, 0.2) is 6.29 Å². The second-order valence-electron chi connectivity index (χ2n) is 4.61. The van der Waals surface area contributed by atoms with E-state index in [1.54, 1.807) is 6.07 Å². The lowest BCUT2D eigenvalue weighted by Crippen LogP contribution is -2.45. The lowest BCUT2D eigenvalue weighted by Gasteiger charge is -2.37. The van der Waals surface area contributed by atoms with Crippen LogP contribution in [0.15, 0.2) is 12.1 Å². The average Bonchev–Trinajstić information content (AvgIpc) is 2.30. The van der Waals surface area contributed by atoms with Crippen molar-refractivity contribution in [1.82, 2.24) is 0 Å². The Morgan fingerprint density at radius 1 is 1.39 bits per heavy atom. The van der Waals surface area contributed by atoms with Crippen LogP contribution in [-0.2, 0) is 4.74 Å². The van der Waals surface area contributed by atoms with E-state index in [1.807, 2.05) is 41.3 Å². The van der Waals surface area contributed by atoms with E-state index in [-0.39, 0.29) is 18.0 Å². The Labute approximate surface area is 119 Å². The first-order chi connectivity index (χ1) is 8.51. The van der Waals surface area contributed by atoms with Crippen molar-refractivity contribution in [2.45, 2.75) is 26.1 Å². The molecule has 3 nitrogen and oxygen atoms in total. The van der Waals surface area contributed by atoms with Gasteiger partial charge in [-0.3, -0.25) is 4.79 Å². The number of benzene rings is 1. The molecule has 1 aliphatic heterocycles. The molecule has 0 aliphatic carbocycles. The molecule has 0 radical (unpaired) electrons. The van der Waals surface area contributed by atoms with Gasteiger partial charge in [0.05, 0.1) is 17.9 Å². The van der Waals surface area contributed by atoms with Crippen LogP contribution in [0.1, 0.15) is 24.2 Å². The monoisotopic (exact) mass is 363 g/mol. The molecular weight excluding hydrogens is 348 g/mol. The van der Waals surface area contributed by atoms with Crippen LogP contribution in [0.3, 0.4) is 0 Å². The van der Waals surface area contributed by atoms with Gasteiger partial charge in [0.1, 0.15) is 5.82 Å². The molecule has 1 fully saturated rings. The Kier molecular flexibility index (Phi) is 4.21. The average molecular weight is 363 g/mol. The Bertz CT molecular complexity index is 457. The first kappa shape index (κ1) is 13.7. The largest absolute Gasteiger partial charge is 0.372 e. The van der Waals surface area contributed by atoms with Crippen molar-refractivity contribution in [3.63, 3.8) is 0 Å². The van der Waals surface area contributed by atoms with E-state index in [9.17, 15) is 9.18 Å². The summed E-state index contributed by atoms with van der Waals surface area (Å²) in [6.07, 6.45) is 0.938. The number of halogens is 2. The first-order valence-electron chi connectivity index (χ1n) is 5.86. The van der Waals surface area contributed by atoms with Gasteiger partial charge >= 0.3 is 0 Å². The smallest absolute Gasteiger partial charge is 0.152 e. The van der Waals surface area contributed by atoms with Gasteiger partial charge in [-0.1, -0.05) is 0 Å². The Morgan fingerprint density at radius 2 is 2.00 bits per heavy atom. The van der Waals surface area contributed by atoms with Gasteiger partial charge in [0, 0.05) is 22.2 Å². The number of hydrogen-bond donors (Lipinski definition) is 0. The standard InChI is InChI=1S/C13H15FINO2/c1-8-5-16(6-9(2)18-8)13-4-11(14)12(15)3-10(13)7-17/h3-4,7-9H,5-6H2,1-2H3/t8-,9+. The van der Waals surface area contributed by atoms with Crippen LogP contribution in [-0.4, -0.2) is 31.6 Å². The van der Waals surface area contributed by atoms with Gasteiger partial charge in [-0.15, -0.1) is 0 Å². The molecule has 5 heteroatoms. The molecule has 0 spiro atoms. The lowest BCUT2D eigenvalue weighted by molar-refractivity contribution is -0.00527. The lowest BCUT2D eigenvalue weighted by atomic mass is 10.1. The van der Waals surface area contributed by atoms with Gasteiger partial charge in [-0.2, -0.15) is 0 Å². The third-order valence-electron chi connectivity index (χ3n) is 2.96. The number of carbonyl (C=O) groups is 1. The maximum Gasteiger partial charge on any atom is 0.152 e. The molecule has 1 aromatic rings. The fourth-order valence-corrected chi connectivity index (χ4v) is 2.79. The van der Waals surface area contributed by atoms with E-state index in [0.717, 1.165) is 6.29 Å². The van der Waals surface area contributed by atoms with Gasteiger partial charge in [-0.25, -0.2) is 4.39 Å². The molecule has 0 unspecified atom stereocenters. The van der Waals surface area contributed by atoms with Crippen molar-refractivity contribution in [2.75, 3.05) is 18.0 Å². The summed E-state index contributed by atoms with van der Waals surface area (Å²) in [6.45, 7) is 5.30. The molecule has 0 amide bonds. The molecule has 1 aromatic carbocycles. The van der Waals surface area contributed by atoms with E-state index in [2.05, 4.69) is 0 Å². The zero-order valence-corrected chi connectivity index (χ0v) is 12.5. The summed E-state index contributed by atoms with van der Waals surface area (Å²) in [4.78, 5) is 13.1. The van der Waals surface area contributed by atoms with Gasteiger partial charge in [0.2, 0.25) is 0 Å². The summed E-state index contributed by atoms with van der Waals surface area (Å²) in [6, 6.07) is 3.03. The molecule has 98 valence electrons. The minimum absolute atomic E-state index is 0.0793. The number of nitrogens with zero attached hydrogens (tertiary/aromatic N) is 1. The Balaban J connectivity index is 2.37. The number of anilines is 1. The van der Waals surface area contributed by atoms with Crippen LogP contribution in [0.25, 0.3) is 0 Å². The van der Waals surface area contributed by atoms with Crippen molar-refractivity contribution in [2.24, 2.45) is 0 Å². The predicted octanol–water partition coefficient (Wildman–Crippen LogP) is 2.86. The van der Waals surface area contributed by atoms with Crippen LogP contribution in [0.4, 0.5) is 10.1 Å². The minimum atomic E-state index is -0.289. The molecule has 2 rings (SSSR count). The highest BCUT2D eigenvalue weighted by molar-refractivity contribution is 14.1. The SMILES string of the molecule is C[C@@H]1CN(c2cc(F)c(I)cc2C=O)C[C@H](C)O1. The first-order valence-corrected chi connectivity index (χ1v) is 6.93. The Morgan fingerprint density at radius 3 is 2.56 bits per heavy atom. The quantitative estimate of drug-likeness (QED) is 0.598. The highest BCUT2D eigenvalue weighted by Gasteiger charge is 2.24. The summed E-state index contributed by atoms with van der Waals surface area (Å²) in [5.74, 6) is -0.289. The number of carbonyl (C=O) groups excluding carboxylic acids is 1. The van der Waals surface area contributed by atoms with Crippen molar-refractivity contribution in [3.05, 3.63) is 27.1 Å². The molecule has 18 heavy (non-hydrogen) atoms. The molecule has 0 saturated carbocycles. The van der Waals surface area contributed by atoms with E-state index < -0.39 is 0 Å². The second kappa shape index (κ2) is 5.52. The predicted molar refractivity (Wildman–Crippen MR) is 76.7 cm³/mol. The molecular formula is C13H15FINO2. The van der Waals surface area contributed by atoms with Crippen LogP contribution in [0.5, 0.6) is 0 Å².